The van der Waals surface area contributed by atoms with Gasteiger partial charge in [0.05, 0.1) is 17.1 Å². The number of hydrazine groups is 1. The molecular formula is C17H22ClN3O3. The lowest BCUT2D eigenvalue weighted by molar-refractivity contribution is -0.127. The molecule has 0 saturated heterocycles. The highest BCUT2D eigenvalue weighted by Crippen LogP contribution is 2.25. The first-order valence-corrected chi connectivity index (χ1v) is 8.54. The van der Waals surface area contributed by atoms with E-state index in [0.29, 0.717) is 17.4 Å². The van der Waals surface area contributed by atoms with Crippen LogP contribution in [0.25, 0.3) is 0 Å². The van der Waals surface area contributed by atoms with Crippen molar-refractivity contribution in [3.8, 4) is 0 Å². The number of hydrogen-bond acceptors (Lipinski definition) is 3. The largest absolute Gasteiger partial charge is 0.347 e. The van der Waals surface area contributed by atoms with E-state index in [9.17, 15) is 14.4 Å². The molecule has 1 saturated carbocycles. The van der Waals surface area contributed by atoms with Gasteiger partial charge in [0.1, 0.15) is 0 Å². The topological polar surface area (TPSA) is 87.3 Å². The lowest BCUT2D eigenvalue weighted by atomic mass is 9.87. The van der Waals surface area contributed by atoms with Gasteiger partial charge in [0.2, 0.25) is 5.91 Å². The Labute approximate surface area is 146 Å². The fourth-order valence-electron chi connectivity index (χ4n) is 2.79. The van der Waals surface area contributed by atoms with E-state index in [1.807, 2.05) is 0 Å². The zero-order valence-corrected chi connectivity index (χ0v) is 14.2. The summed E-state index contributed by atoms with van der Waals surface area (Å²) < 4.78 is 0. The summed E-state index contributed by atoms with van der Waals surface area (Å²) in [7, 11) is 0. The fourth-order valence-corrected chi connectivity index (χ4v) is 3.01. The van der Waals surface area contributed by atoms with Crippen LogP contribution in [0.1, 0.15) is 48.9 Å². The van der Waals surface area contributed by atoms with E-state index in [1.165, 1.54) is 19.3 Å². The van der Waals surface area contributed by atoms with Crippen molar-refractivity contribution >= 4 is 29.3 Å². The first-order chi connectivity index (χ1) is 11.6. The van der Waals surface area contributed by atoms with Crippen molar-refractivity contribution in [2.24, 2.45) is 5.92 Å². The summed E-state index contributed by atoms with van der Waals surface area (Å²) in [5.74, 6) is -0.717. The molecule has 2 rings (SSSR count). The minimum atomic E-state index is -0.512. The quantitative estimate of drug-likeness (QED) is 0.710. The average molecular weight is 352 g/mol. The molecule has 3 amide bonds. The molecule has 0 aromatic heterocycles. The summed E-state index contributed by atoms with van der Waals surface area (Å²) in [4.78, 5) is 35.4. The van der Waals surface area contributed by atoms with E-state index < -0.39 is 11.8 Å². The number of hydrogen-bond donors (Lipinski definition) is 3. The van der Waals surface area contributed by atoms with Gasteiger partial charge >= 0.3 is 0 Å². The van der Waals surface area contributed by atoms with Crippen LogP contribution in [0.2, 0.25) is 5.02 Å². The number of amides is 3. The van der Waals surface area contributed by atoms with Crippen molar-refractivity contribution in [3.63, 3.8) is 0 Å². The standard InChI is InChI=1S/C17H22ClN3O3/c18-14-9-5-4-8-13(14)17(24)21-20-16(23)11-19-15(22)10-12-6-2-1-3-7-12/h4-5,8-9,12H,1-3,6-7,10-11H2,(H,19,22)(H,20,23)(H,21,24). The molecular weight excluding hydrogens is 330 g/mol. The molecule has 0 aliphatic heterocycles. The molecule has 0 radical (unpaired) electrons. The Morgan fingerprint density at radius 2 is 1.71 bits per heavy atom. The Morgan fingerprint density at radius 3 is 2.42 bits per heavy atom. The lowest BCUT2D eigenvalue weighted by Gasteiger charge is -2.20. The summed E-state index contributed by atoms with van der Waals surface area (Å²) >= 11 is 5.90. The molecule has 0 unspecified atom stereocenters. The van der Waals surface area contributed by atoms with Gasteiger partial charge in [-0.2, -0.15) is 0 Å². The van der Waals surface area contributed by atoms with E-state index >= 15 is 0 Å². The average Bonchev–Trinajstić information content (AvgIpc) is 2.59. The molecule has 0 spiro atoms. The number of carbonyl (C=O) groups excluding carboxylic acids is 3. The van der Waals surface area contributed by atoms with E-state index in [-0.39, 0.29) is 18.0 Å². The number of halogens is 1. The Bertz CT molecular complexity index is 600. The van der Waals surface area contributed by atoms with Gasteiger partial charge in [0.15, 0.2) is 0 Å². The van der Waals surface area contributed by atoms with Crippen molar-refractivity contribution in [2.75, 3.05) is 6.54 Å². The molecule has 0 heterocycles. The molecule has 3 N–H and O–H groups in total. The van der Waals surface area contributed by atoms with Crippen LogP contribution in [-0.4, -0.2) is 24.3 Å². The Morgan fingerprint density at radius 1 is 1.00 bits per heavy atom. The molecule has 130 valence electrons. The van der Waals surface area contributed by atoms with Gasteiger partial charge in [0.25, 0.3) is 11.8 Å². The lowest BCUT2D eigenvalue weighted by Crippen LogP contribution is -2.46. The van der Waals surface area contributed by atoms with Crippen LogP contribution in [-0.2, 0) is 9.59 Å². The van der Waals surface area contributed by atoms with Gasteiger partial charge in [0, 0.05) is 6.42 Å². The second-order valence-electron chi connectivity index (χ2n) is 5.97. The molecule has 1 aliphatic rings. The third kappa shape index (κ3) is 5.85. The van der Waals surface area contributed by atoms with Crippen LogP contribution in [0.4, 0.5) is 0 Å². The highest BCUT2D eigenvalue weighted by atomic mass is 35.5. The van der Waals surface area contributed by atoms with E-state index in [2.05, 4.69) is 16.2 Å². The Hall–Kier alpha value is -2.08. The molecule has 1 aromatic carbocycles. The third-order valence-electron chi connectivity index (χ3n) is 4.08. The Balaban J connectivity index is 1.66. The van der Waals surface area contributed by atoms with Gasteiger partial charge in [-0.1, -0.05) is 43.0 Å². The first-order valence-electron chi connectivity index (χ1n) is 8.16. The van der Waals surface area contributed by atoms with Crippen LogP contribution < -0.4 is 16.2 Å². The monoisotopic (exact) mass is 351 g/mol. The van der Waals surface area contributed by atoms with Gasteiger partial charge < -0.3 is 5.32 Å². The zero-order valence-electron chi connectivity index (χ0n) is 13.4. The van der Waals surface area contributed by atoms with Crippen LogP contribution >= 0.6 is 11.6 Å². The second-order valence-corrected chi connectivity index (χ2v) is 6.37. The van der Waals surface area contributed by atoms with Gasteiger partial charge in [-0.3, -0.25) is 25.2 Å². The van der Waals surface area contributed by atoms with E-state index in [4.69, 9.17) is 11.6 Å². The highest BCUT2D eigenvalue weighted by Gasteiger charge is 2.17. The van der Waals surface area contributed by atoms with Gasteiger partial charge in [-0.05, 0) is 30.9 Å². The molecule has 0 atom stereocenters. The molecule has 0 bridgehead atoms. The second kappa shape index (κ2) is 9.27. The van der Waals surface area contributed by atoms with E-state index in [1.54, 1.807) is 24.3 Å². The van der Waals surface area contributed by atoms with Crippen LogP contribution in [0, 0.1) is 5.92 Å². The minimum Gasteiger partial charge on any atom is -0.347 e. The third-order valence-corrected chi connectivity index (χ3v) is 4.41. The van der Waals surface area contributed by atoms with Crippen LogP contribution in [0.3, 0.4) is 0 Å². The molecule has 7 heteroatoms. The molecule has 24 heavy (non-hydrogen) atoms. The summed E-state index contributed by atoms with van der Waals surface area (Å²) in [5, 5.41) is 2.87. The minimum absolute atomic E-state index is 0.130. The van der Waals surface area contributed by atoms with Gasteiger partial charge in [-0.25, -0.2) is 0 Å². The molecule has 1 aromatic rings. The van der Waals surface area contributed by atoms with Crippen LogP contribution in [0.5, 0.6) is 0 Å². The van der Waals surface area contributed by atoms with Crippen molar-refractivity contribution in [1.29, 1.82) is 0 Å². The van der Waals surface area contributed by atoms with Crippen molar-refractivity contribution in [1.82, 2.24) is 16.2 Å². The predicted octanol–water partition coefficient (Wildman–Crippen LogP) is 2.19. The molecule has 6 nitrogen and oxygen atoms in total. The number of benzene rings is 1. The summed E-state index contributed by atoms with van der Waals surface area (Å²) in [6, 6.07) is 6.52. The number of carbonyl (C=O) groups is 3. The smallest absolute Gasteiger partial charge is 0.271 e. The van der Waals surface area contributed by atoms with Crippen molar-refractivity contribution in [2.45, 2.75) is 38.5 Å². The predicted molar refractivity (Wildman–Crippen MR) is 91.3 cm³/mol. The van der Waals surface area contributed by atoms with Crippen molar-refractivity contribution < 1.29 is 14.4 Å². The normalized spacial score (nSPS) is 14.7. The summed E-state index contributed by atoms with van der Waals surface area (Å²) in [6.45, 7) is -0.172. The van der Waals surface area contributed by atoms with Crippen LogP contribution in [0.15, 0.2) is 24.3 Å². The summed E-state index contributed by atoms with van der Waals surface area (Å²) in [5.41, 5.74) is 4.79. The highest BCUT2D eigenvalue weighted by molar-refractivity contribution is 6.33. The summed E-state index contributed by atoms with van der Waals surface area (Å²) in [6.07, 6.45) is 6.20. The van der Waals surface area contributed by atoms with Gasteiger partial charge in [-0.15, -0.1) is 0 Å². The SMILES string of the molecule is O=C(CC1CCCCC1)NCC(=O)NNC(=O)c1ccccc1Cl. The fraction of sp³-hybridized carbons (Fsp3) is 0.471. The number of rotatable bonds is 5. The zero-order chi connectivity index (χ0) is 17.4. The number of nitrogens with one attached hydrogen (secondary N) is 3. The Kier molecular flexibility index (Phi) is 7.06. The maximum absolute atomic E-state index is 11.9. The molecule has 1 fully saturated rings. The maximum Gasteiger partial charge on any atom is 0.271 e. The maximum atomic E-state index is 11.9. The first kappa shape index (κ1) is 18.3. The molecule has 1 aliphatic carbocycles. The van der Waals surface area contributed by atoms with E-state index in [0.717, 1.165) is 12.8 Å². The van der Waals surface area contributed by atoms with Crippen molar-refractivity contribution in [3.05, 3.63) is 34.9 Å².